The first-order valence-corrected chi connectivity index (χ1v) is 8.38. The number of carbonyl (C=O) groups is 2. The predicted molar refractivity (Wildman–Crippen MR) is 93.9 cm³/mol. The fraction of sp³-hybridized carbons (Fsp3) is 0.500. The van der Waals surface area contributed by atoms with Gasteiger partial charge in [-0.25, -0.2) is 9.18 Å². The molecule has 2 saturated heterocycles. The Hall–Kier alpha value is -3.04. The van der Waals surface area contributed by atoms with Crippen LogP contribution in [0.4, 0.5) is 20.6 Å². The van der Waals surface area contributed by atoms with Crippen molar-refractivity contribution in [2.24, 2.45) is 5.11 Å². The smallest absolute Gasteiger partial charge is 0.414 e. The van der Waals surface area contributed by atoms with Crippen LogP contribution in [0.2, 0.25) is 0 Å². The highest BCUT2D eigenvalue weighted by atomic mass is 19.1. The number of hydrogen-bond acceptors (Lipinski definition) is 6. The van der Waals surface area contributed by atoms with Crippen molar-refractivity contribution in [2.45, 2.75) is 25.2 Å². The lowest BCUT2D eigenvalue weighted by atomic mass is 10.2. The Balaban J connectivity index is 1.71. The Morgan fingerprint density at radius 3 is 2.93 bits per heavy atom. The first-order chi connectivity index (χ1) is 12.9. The molecule has 3 rings (SSSR count). The number of benzene rings is 1. The van der Waals surface area contributed by atoms with E-state index in [0.717, 1.165) is 0 Å². The van der Waals surface area contributed by atoms with Gasteiger partial charge in [-0.15, -0.1) is 0 Å². The van der Waals surface area contributed by atoms with E-state index in [-0.39, 0.29) is 37.8 Å². The first kappa shape index (κ1) is 18.7. The lowest BCUT2D eigenvalue weighted by Crippen LogP contribution is -2.33. The Kier molecular flexibility index (Phi) is 5.33. The minimum absolute atomic E-state index is 0.143. The molecule has 0 aromatic heterocycles. The van der Waals surface area contributed by atoms with Crippen LogP contribution in [-0.4, -0.2) is 61.5 Å². The van der Waals surface area contributed by atoms with E-state index in [1.807, 2.05) is 0 Å². The van der Waals surface area contributed by atoms with Gasteiger partial charge in [0.2, 0.25) is 5.91 Å². The van der Waals surface area contributed by atoms with Gasteiger partial charge >= 0.3 is 6.09 Å². The van der Waals surface area contributed by atoms with Crippen molar-refractivity contribution < 1.29 is 23.8 Å². The van der Waals surface area contributed by atoms with Gasteiger partial charge in [-0.1, -0.05) is 5.11 Å². The number of anilines is 2. The zero-order chi connectivity index (χ0) is 19.6. The van der Waals surface area contributed by atoms with Gasteiger partial charge in [0.15, 0.2) is 0 Å². The average Bonchev–Trinajstić information content (AvgIpc) is 3.16. The number of azide groups is 1. The number of cyclic esters (lactones) is 1. The molecule has 0 radical (unpaired) electrons. The number of nitrogens with one attached hydrogen (secondary N) is 1. The molecule has 2 amide bonds. The molecule has 0 bridgehead atoms. The average molecular weight is 378 g/mol. The zero-order valence-electron chi connectivity index (χ0n) is 14.6. The van der Waals surface area contributed by atoms with Crippen molar-refractivity contribution in [3.8, 4) is 0 Å². The molecule has 2 unspecified atom stereocenters. The third-order valence-electron chi connectivity index (χ3n) is 4.50. The van der Waals surface area contributed by atoms with E-state index in [2.05, 4.69) is 15.3 Å². The normalized spacial score (nSPS) is 24.6. The highest BCUT2D eigenvalue weighted by molar-refractivity contribution is 5.90. The predicted octanol–water partition coefficient (Wildman–Crippen LogP) is 1.15. The molecule has 1 aromatic carbocycles. The summed E-state index contributed by atoms with van der Waals surface area (Å²) in [5, 5.41) is 16.0. The number of nitrogens with zero attached hydrogens (tertiary/aromatic N) is 5. The van der Waals surface area contributed by atoms with Crippen LogP contribution in [0.25, 0.3) is 10.4 Å². The van der Waals surface area contributed by atoms with Crippen LogP contribution in [0.15, 0.2) is 23.3 Å². The van der Waals surface area contributed by atoms with Gasteiger partial charge in [0, 0.05) is 24.9 Å². The highest BCUT2D eigenvalue weighted by Crippen LogP contribution is 2.30. The van der Waals surface area contributed by atoms with Crippen LogP contribution < -0.4 is 15.1 Å². The number of β-amino-alcohol motifs (C(OH)–C–C–N with tert-alkyl or cyclic N) is 1. The van der Waals surface area contributed by atoms with Crippen molar-refractivity contribution in [2.75, 3.05) is 36.0 Å². The van der Waals surface area contributed by atoms with Gasteiger partial charge in [0.1, 0.15) is 11.9 Å². The number of amides is 2. The number of halogens is 1. The number of rotatable bonds is 5. The van der Waals surface area contributed by atoms with E-state index in [0.29, 0.717) is 5.69 Å². The van der Waals surface area contributed by atoms with E-state index in [4.69, 9.17) is 10.3 Å². The SMILES string of the molecule is CC(=O)NC[C@H]1CN(c2ccc(N3CC(O)C(N=[N+]=[N-])C3)c(F)c2)C(=O)O1. The van der Waals surface area contributed by atoms with E-state index in [1.54, 1.807) is 11.0 Å². The van der Waals surface area contributed by atoms with E-state index >= 15 is 0 Å². The maximum Gasteiger partial charge on any atom is 0.414 e. The molecule has 1 aromatic rings. The molecular weight excluding hydrogens is 359 g/mol. The molecule has 2 N–H and O–H groups in total. The fourth-order valence-electron chi connectivity index (χ4n) is 3.16. The first-order valence-electron chi connectivity index (χ1n) is 8.38. The molecule has 2 aliphatic rings. The third-order valence-corrected chi connectivity index (χ3v) is 4.50. The van der Waals surface area contributed by atoms with Crippen LogP contribution >= 0.6 is 0 Å². The molecule has 0 aliphatic carbocycles. The molecule has 27 heavy (non-hydrogen) atoms. The van der Waals surface area contributed by atoms with Crippen molar-refractivity contribution in [3.63, 3.8) is 0 Å². The standard InChI is InChI=1S/C16H19FN6O4/c1-9(24)19-5-11-6-23(16(26)27-11)10-2-3-14(12(17)4-10)22-7-13(20-21-18)15(25)8-22/h2-4,11,13,15,25H,5-8H2,1H3,(H,19,24)/t11-,13?,15?/m0/s1. The summed E-state index contributed by atoms with van der Waals surface area (Å²) < 4.78 is 19.8. The summed E-state index contributed by atoms with van der Waals surface area (Å²) >= 11 is 0. The molecule has 2 aliphatic heterocycles. The molecule has 3 atom stereocenters. The van der Waals surface area contributed by atoms with E-state index in [1.165, 1.54) is 24.0 Å². The molecule has 2 fully saturated rings. The largest absolute Gasteiger partial charge is 0.442 e. The van der Waals surface area contributed by atoms with Crippen LogP contribution in [0, 0.1) is 5.82 Å². The van der Waals surface area contributed by atoms with Gasteiger partial charge < -0.3 is 20.1 Å². The number of aliphatic hydroxyl groups is 1. The maximum atomic E-state index is 14.6. The van der Waals surface area contributed by atoms with Crippen LogP contribution in [0.1, 0.15) is 6.92 Å². The summed E-state index contributed by atoms with van der Waals surface area (Å²) in [5.74, 6) is -0.800. The number of aliphatic hydroxyl groups excluding tert-OH is 1. The highest BCUT2D eigenvalue weighted by Gasteiger charge is 2.34. The second-order valence-electron chi connectivity index (χ2n) is 6.43. The van der Waals surface area contributed by atoms with Crippen LogP contribution in [0.3, 0.4) is 0 Å². The van der Waals surface area contributed by atoms with E-state index < -0.39 is 30.2 Å². The minimum atomic E-state index is -0.872. The second kappa shape index (κ2) is 7.68. The van der Waals surface area contributed by atoms with Crippen LogP contribution in [-0.2, 0) is 9.53 Å². The molecule has 2 heterocycles. The Bertz CT molecular complexity index is 799. The summed E-state index contributed by atoms with van der Waals surface area (Å²) in [6.07, 6.45) is -2.00. The lowest BCUT2D eigenvalue weighted by molar-refractivity contribution is -0.119. The Morgan fingerprint density at radius 2 is 2.26 bits per heavy atom. The molecular formula is C16H19FN6O4. The number of ether oxygens (including phenoxy) is 1. The van der Waals surface area contributed by atoms with Gasteiger partial charge in [-0.2, -0.15) is 0 Å². The van der Waals surface area contributed by atoms with Crippen LogP contribution in [0.5, 0.6) is 0 Å². The molecule has 0 saturated carbocycles. The fourth-order valence-corrected chi connectivity index (χ4v) is 3.16. The maximum absolute atomic E-state index is 14.6. The zero-order valence-corrected chi connectivity index (χ0v) is 14.6. The lowest BCUT2D eigenvalue weighted by Gasteiger charge is -2.20. The van der Waals surface area contributed by atoms with Crippen molar-refractivity contribution in [3.05, 3.63) is 34.5 Å². The number of hydrogen-bond donors (Lipinski definition) is 2. The van der Waals surface area contributed by atoms with Gasteiger partial charge in [0.25, 0.3) is 0 Å². The van der Waals surface area contributed by atoms with Gasteiger partial charge in [-0.3, -0.25) is 9.69 Å². The molecule has 10 nitrogen and oxygen atoms in total. The summed E-state index contributed by atoms with van der Waals surface area (Å²) in [5.41, 5.74) is 9.09. The van der Waals surface area contributed by atoms with Crippen molar-refractivity contribution >= 4 is 23.4 Å². The minimum Gasteiger partial charge on any atom is -0.442 e. The topological polar surface area (TPSA) is 131 Å². The van der Waals surface area contributed by atoms with Crippen molar-refractivity contribution in [1.82, 2.24) is 5.32 Å². The van der Waals surface area contributed by atoms with E-state index in [9.17, 15) is 19.1 Å². The summed E-state index contributed by atoms with van der Waals surface area (Å²) in [7, 11) is 0. The Labute approximate surface area is 154 Å². The Morgan fingerprint density at radius 1 is 1.48 bits per heavy atom. The molecule has 144 valence electrons. The van der Waals surface area contributed by atoms with Gasteiger partial charge in [-0.05, 0) is 23.7 Å². The molecule has 0 spiro atoms. The second-order valence-corrected chi connectivity index (χ2v) is 6.43. The van der Waals surface area contributed by atoms with Gasteiger partial charge in [0.05, 0.1) is 36.6 Å². The molecule has 11 heteroatoms. The number of carbonyl (C=O) groups excluding carboxylic acids is 2. The van der Waals surface area contributed by atoms with Crippen molar-refractivity contribution in [1.29, 1.82) is 0 Å². The quantitative estimate of drug-likeness (QED) is 0.451. The third kappa shape index (κ3) is 4.04. The monoisotopic (exact) mass is 378 g/mol. The summed E-state index contributed by atoms with van der Waals surface area (Å²) in [6.45, 7) is 2.09. The summed E-state index contributed by atoms with van der Waals surface area (Å²) in [6, 6.07) is 3.65. The summed E-state index contributed by atoms with van der Waals surface area (Å²) in [4.78, 5) is 28.6.